The molecule has 2 aliphatic heterocycles. The molecule has 52 heavy (non-hydrogen) atoms. The number of anilines is 2. The summed E-state index contributed by atoms with van der Waals surface area (Å²) in [6.45, 7) is 7.34. The van der Waals surface area contributed by atoms with Gasteiger partial charge in [0.05, 0.1) is 28.5 Å². The maximum Gasteiger partial charge on any atom is 0.258 e. The minimum atomic E-state index is 0.0273. The zero-order chi connectivity index (χ0) is 35.4. The number of para-hydroxylation sites is 2. The maximum absolute atomic E-state index is 13.3. The lowest BCUT2D eigenvalue weighted by Gasteiger charge is -2.23. The summed E-state index contributed by atoms with van der Waals surface area (Å²) in [7, 11) is 0. The number of hydrogen-bond donors (Lipinski definition) is 1. The number of imidazole rings is 2. The van der Waals surface area contributed by atoms with E-state index in [-0.39, 0.29) is 5.91 Å². The van der Waals surface area contributed by atoms with Gasteiger partial charge in [-0.15, -0.1) is 0 Å². The van der Waals surface area contributed by atoms with Gasteiger partial charge in [-0.25, -0.2) is 9.97 Å². The lowest BCUT2D eigenvalue weighted by molar-refractivity contribution is 0.0987. The van der Waals surface area contributed by atoms with Crippen LogP contribution in [0.2, 0.25) is 0 Å². The van der Waals surface area contributed by atoms with Gasteiger partial charge in [0.15, 0.2) is 0 Å². The second-order valence-electron chi connectivity index (χ2n) is 13.4. The number of nitrogens with zero attached hydrogens (tertiary/aromatic N) is 5. The summed E-state index contributed by atoms with van der Waals surface area (Å²) in [6, 6.07) is 47.2. The Kier molecular flexibility index (Phi) is 9.23. The molecule has 5 aromatic carbocycles. The summed E-state index contributed by atoms with van der Waals surface area (Å²) in [5, 5.41) is 3.52. The molecule has 1 amide bonds. The number of hydrogen-bond acceptors (Lipinski definition) is 4. The van der Waals surface area contributed by atoms with Crippen LogP contribution in [0.1, 0.15) is 44.5 Å². The average Bonchev–Trinajstić information content (AvgIpc) is 3.51. The molecule has 2 aliphatic rings. The minimum Gasteiger partial charge on any atom is -0.384 e. The molecular formula is C45H42N6O. The van der Waals surface area contributed by atoms with E-state index in [1.165, 1.54) is 33.8 Å². The number of carbonyl (C=O) groups excluding carboxylic acids is 1. The first-order valence-electron chi connectivity index (χ1n) is 18.0. The van der Waals surface area contributed by atoms with Crippen molar-refractivity contribution in [2.24, 2.45) is 0 Å². The van der Waals surface area contributed by atoms with Crippen LogP contribution < -0.4 is 10.2 Å². The maximum atomic E-state index is 13.3. The lowest BCUT2D eigenvalue weighted by atomic mass is 10.1. The number of aromatic nitrogens is 4. The third kappa shape index (κ3) is 6.53. The zero-order valence-electron chi connectivity index (χ0n) is 29.7. The predicted octanol–water partition coefficient (Wildman–Crippen LogP) is 8.98. The highest BCUT2D eigenvalue weighted by Gasteiger charge is 2.29. The summed E-state index contributed by atoms with van der Waals surface area (Å²) >= 11 is 0. The van der Waals surface area contributed by atoms with Crippen molar-refractivity contribution in [3.8, 4) is 22.5 Å². The monoisotopic (exact) mass is 682 g/mol. The topological polar surface area (TPSA) is 68.0 Å². The van der Waals surface area contributed by atoms with E-state index in [0.29, 0.717) is 12.1 Å². The fourth-order valence-electron chi connectivity index (χ4n) is 7.48. The summed E-state index contributed by atoms with van der Waals surface area (Å²) < 4.78 is 4.62. The molecule has 0 radical (unpaired) electrons. The van der Waals surface area contributed by atoms with E-state index < -0.39 is 0 Å². The molecule has 0 saturated carbocycles. The second-order valence-corrected chi connectivity index (χ2v) is 13.4. The molecule has 7 aromatic rings. The van der Waals surface area contributed by atoms with Crippen LogP contribution in [0, 0.1) is 13.8 Å². The van der Waals surface area contributed by atoms with E-state index in [0.717, 1.165) is 66.8 Å². The van der Waals surface area contributed by atoms with Crippen molar-refractivity contribution in [1.29, 1.82) is 0 Å². The van der Waals surface area contributed by atoms with E-state index in [1.54, 1.807) is 0 Å². The number of benzene rings is 5. The fourth-order valence-corrected chi connectivity index (χ4v) is 7.48. The Balaban J connectivity index is 0.000000156. The Hall–Kier alpha value is -6.21. The van der Waals surface area contributed by atoms with Crippen molar-refractivity contribution in [1.82, 2.24) is 19.1 Å². The Morgan fingerprint density at radius 2 is 1.10 bits per heavy atom. The first-order valence-corrected chi connectivity index (χ1v) is 18.0. The van der Waals surface area contributed by atoms with E-state index in [2.05, 4.69) is 113 Å². The Morgan fingerprint density at radius 1 is 0.596 bits per heavy atom. The van der Waals surface area contributed by atoms with Crippen molar-refractivity contribution >= 4 is 17.3 Å². The Labute approximate surface area is 305 Å². The van der Waals surface area contributed by atoms with Crippen molar-refractivity contribution in [3.63, 3.8) is 0 Å². The highest BCUT2D eigenvalue weighted by atomic mass is 16.2. The van der Waals surface area contributed by atoms with Crippen molar-refractivity contribution in [2.75, 3.05) is 23.3 Å². The van der Waals surface area contributed by atoms with Gasteiger partial charge >= 0.3 is 0 Å². The fraction of sp³-hybridized carbons (Fsp3) is 0.178. The standard InChI is InChI=1S/C26H23N3O.C19H19N3/c1-19-27-23-16-17-28(26(30)21-12-6-3-7-13-21)24-15-9-8-14-22(24)25(23)29(19)18-20-10-4-2-5-11-20;1-14-21-18-11-12-20-17-10-6-5-9-16(17)19(18)22(14)13-15-7-3-2-4-8-15/h2-15H,16-18H2,1H3;2-10,20H,11-13H2,1H3. The Morgan fingerprint density at radius 3 is 1.73 bits per heavy atom. The predicted molar refractivity (Wildman–Crippen MR) is 210 cm³/mol. The molecule has 0 aliphatic carbocycles. The molecule has 7 heteroatoms. The van der Waals surface area contributed by atoms with Gasteiger partial charge in [0.2, 0.25) is 0 Å². The SMILES string of the molecule is Cc1nc2c(n1Cc1ccccc1)-c1ccccc1N(C(=O)c1ccccc1)CC2.Cc1nc2c(n1Cc1ccccc1)-c1ccccc1NCC2. The molecule has 0 spiro atoms. The van der Waals surface area contributed by atoms with Gasteiger partial charge in [-0.3, -0.25) is 4.79 Å². The minimum absolute atomic E-state index is 0.0273. The van der Waals surface area contributed by atoms with Gasteiger partial charge in [-0.2, -0.15) is 0 Å². The molecule has 7 nitrogen and oxygen atoms in total. The van der Waals surface area contributed by atoms with Crippen LogP contribution in [-0.4, -0.2) is 38.1 Å². The molecule has 1 N–H and O–H groups in total. The Bertz CT molecular complexity index is 2330. The molecule has 9 rings (SSSR count). The molecule has 4 heterocycles. The van der Waals surface area contributed by atoms with Crippen LogP contribution in [0.25, 0.3) is 22.5 Å². The smallest absolute Gasteiger partial charge is 0.258 e. The highest BCUT2D eigenvalue weighted by Crippen LogP contribution is 2.38. The average molecular weight is 683 g/mol. The zero-order valence-corrected chi connectivity index (χ0v) is 29.7. The quantitative estimate of drug-likeness (QED) is 0.197. The van der Waals surface area contributed by atoms with Crippen molar-refractivity contribution in [2.45, 2.75) is 39.8 Å². The van der Waals surface area contributed by atoms with Gasteiger partial charge in [0.1, 0.15) is 11.6 Å². The second kappa shape index (κ2) is 14.6. The van der Waals surface area contributed by atoms with Crippen molar-refractivity contribution < 1.29 is 4.79 Å². The van der Waals surface area contributed by atoms with E-state index in [4.69, 9.17) is 9.97 Å². The van der Waals surface area contributed by atoms with Crippen LogP contribution in [0.15, 0.2) is 140 Å². The van der Waals surface area contributed by atoms with Crippen LogP contribution >= 0.6 is 0 Å². The molecule has 0 atom stereocenters. The molecule has 0 unspecified atom stereocenters. The summed E-state index contributed by atoms with van der Waals surface area (Å²) in [5.74, 6) is 2.12. The number of aryl methyl sites for hydroxylation is 2. The highest BCUT2D eigenvalue weighted by molar-refractivity contribution is 6.08. The first kappa shape index (κ1) is 33.0. The number of amides is 1. The van der Waals surface area contributed by atoms with Gasteiger partial charge in [-0.05, 0) is 49.2 Å². The van der Waals surface area contributed by atoms with E-state index >= 15 is 0 Å². The van der Waals surface area contributed by atoms with Crippen LogP contribution in [0.5, 0.6) is 0 Å². The summed E-state index contributed by atoms with van der Waals surface area (Å²) in [5.41, 5.74) is 12.4. The summed E-state index contributed by atoms with van der Waals surface area (Å²) in [4.78, 5) is 25.0. The van der Waals surface area contributed by atoms with Crippen molar-refractivity contribution in [3.05, 3.63) is 179 Å². The van der Waals surface area contributed by atoms with Crippen LogP contribution in [-0.2, 0) is 25.9 Å². The molecular weight excluding hydrogens is 641 g/mol. The molecule has 0 fully saturated rings. The van der Waals surface area contributed by atoms with Crippen LogP contribution in [0.3, 0.4) is 0 Å². The lowest BCUT2D eigenvalue weighted by Crippen LogP contribution is -2.32. The van der Waals surface area contributed by atoms with Gasteiger partial charge in [0, 0.05) is 61.4 Å². The third-order valence-electron chi connectivity index (χ3n) is 9.98. The molecule has 258 valence electrons. The third-order valence-corrected chi connectivity index (χ3v) is 9.98. The van der Waals surface area contributed by atoms with E-state index in [9.17, 15) is 4.79 Å². The first-order chi connectivity index (χ1) is 25.5. The molecule has 2 aromatic heterocycles. The van der Waals surface area contributed by atoms with E-state index in [1.807, 2.05) is 59.5 Å². The summed E-state index contributed by atoms with van der Waals surface area (Å²) in [6.07, 6.45) is 1.69. The number of rotatable bonds is 5. The van der Waals surface area contributed by atoms with Gasteiger partial charge in [-0.1, -0.05) is 115 Å². The van der Waals surface area contributed by atoms with Gasteiger partial charge < -0.3 is 19.4 Å². The number of nitrogens with one attached hydrogen (secondary N) is 1. The number of carbonyl (C=O) groups is 1. The van der Waals surface area contributed by atoms with Gasteiger partial charge in [0.25, 0.3) is 5.91 Å². The molecule has 0 bridgehead atoms. The van der Waals surface area contributed by atoms with Crippen LogP contribution in [0.4, 0.5) is 11.4 Å². The molecule has 0 saturated heterocycles. The number of fused-ring (bicyclic) bond motifs is 6. The normalized spacial score (nSPS) is 12.8. The largest absolute Gasteiger partial charge is 0.384 e.